The van der Waals surface area contributed by atoms with E-state index in [1.807, 2.05) is 0 Å². The molecule has 2 heterocycles. The number of benzene rings is 1. The number of aromatic amines is 2. The number of halogens is 3. The Morgan fingerprint density at radius 3 is 2.59 bits per heavy atom. The Bertz CT molecular complexity index is 1010. The molecule has 154 valence electrons. The number of hydrogen-bond donors (Lipinski definition) is 5. The Morgan fingerprint density at radius 2 is 1.97 bits per heavy atom. The number of imidazole rings is 1. The molecule has 0 radical (unpaired) electrons. The van der Waals surface area contributed by atoms with Crippen molar-refractivity contribution in [1.82, 2.24) is 20.3 Å². The van der Waals surface area contributed by atoms with Crippen molar-refractivity contribution in [2.45, 2.75) is 31.1 Å². The predicted octanol–water partition coefficient (Wildman–Crippen LogP) is 1.59. The van der Waals surface area contributed by atoms with Crippen LogP contribution in [0.25, 0.3) is 10.9 Å². The number of H-pyrrole nitrogens is 2. The van der Waals surface area contributed by atoms with Crippen LogP contribution in [0.4, 0.5) is 13.2 Å². The maximum Gasteiger partial charge on any atom is 0.431 e. The molecule has 3 rings (SSSR count). The summed E-state index contributed by atoms with van der Waals surface area (Å²) >= 11 is 0. The molecule has 0 unspecified atom stereocenters. The fourth-order valence-electron chi connectivity index (χ4n) is 3.06. The highest BCUT2D eigenvalue weighted by Gasteiger charge is 2.38. The van der Waals surface area contributed by atoms with E-state index in [4.69, 9.17) is 5.73 Å². The van der Waals surface area contributed by atoms with Gasteiger partial charge >= 0.3 is 12.1 Å². The molecule has 0 bridgehead atoms. The molecule has 2 aromatic heterocycles. The number of carbonyl (C=O) groups is 2. The lowest BCUT2D eigenvalue weighted by Crippen LogP contribution is -2.50. The molecule has 0 spiro atoms. The Labute approximate surface area is 162 Å². The normalized spacial score (nSPS) is 13.9. The summed E-state index contributed by atoms with van der Waals surface area (Å²) in [5.41, 5.74) is 5.22. The summed E-state index contributed by atoms with van der Waals surface area (Å²) in [5.74, 6) is -2.27. The van der Waals surface area contributed by atoms with Gasteiger partial charge in [0.2, 0.25) is 5.91 Å². The molecule has 3 aromatic rings. The van der Waals surface area contributed by atoms with E-state index in [1.54, 1.807) is 12.1 Å². The summed E-state index contributed by atoms with van der Waals surface area (Å²) in [4.78, 5) is 32.8. The van der Waals surface area contributed by atoms with Gasteiger partial charge in [-0.05, 0) is 11.6 Å². The topological polar surface area (TPSA) is 137 Å². The number of nitrogens with two attached hydrogens (primary N) is 1. The van der Waals surface area contributed by atoms with Crippen molar-refractivity contribution in [2.24, 2.45) is 5.73 Å². The summed E-state index contributed by atoms with van der Waals surface area (Å²) in [5, 5.41) is 11.9. The van der Waals surface area contributed by atoms with E-state index < -0.39 is 42.3 Å². The van der Waals surface area contributed by atoms with Crippen molar-refractivity contribution in [1.29, 1.82) is 0 Å². The summed E-state index contributed by atoms with van der Waals surface area (Å²) < 4.78 is 40.3. The number of carbonyl (C=O) groups excluding carboxylic acids is 1. The molecular formula is C18H18F3N5O3. The van der Waals surface area contributed by atoms with Gasteiger partial charge in [-0.15, -0.1) is 0 Å². The number of aliphatic carboxylic acids is 1. The fraction of sp³-hybridized carbons (Fsp3) is 0.278. The summed E-state index contributed by atoms with van der Waals surface area (Å²) in [6, 6.07) is 3.34. The Hall–Kier alpha value is -3.34. The van der Waals surface area contributed by atoms with Crippen LogP contribution in [0.1, 0.15) is 17.0 Å². The highest BCUT2D eigenvalue weighted by atomic mass is 19.4. The summed E-state index contributed by atoms with van der Waals surface area (Å²) in [6.45, 7) is 0. The number of nitrogens with one attached hydrogen (secondary N) is 3. The molecule has 0 aliphatic carbocycles. The second-order valence-electron chi connectivity index (χ2n) is 6.50. The molecule has 11 heteroatoms. The zero-order chi connectivity index (χ0) is 21.2. The predicted molar refractivity (Wildman–Crippen MR) is 96.8 cm³/mol. The van der Waals surface area contributed by atoms with Gasteiger partial charge in [0.15, 0.2) is 0 Å². The van der Waals surface area contributed by atoms with Crippen molar-refractivity contribution in [3.8, 4) is 0 Å². The maximum atomic E-state index is 13.4. The van der Waals surface area contributed by atoms with Gasteiger partial charge in [0, 0.05) is 29.9 Å². The molecule has 1 amide bonds. The van der Waals surface area contributed by atoms with E-state index in [2.05, 4.69) is 20.3 Å². The number of amides is 1. The van der Waals surface area contributed by atoms with E-state index in [1.165, 1.54) is 24.7 Å². The molecule has 2 atom stereocenters. The number of carboxylic acids is 1. The minimum absolute atomic E-state index is 0.0442. The van der Waals surface area contributed by atoms with Crippen molar-refractivity contribution >= 4 is 22.8 Å². The minimum atomic E-state index is -4.71. The van der Waals surface area contributed by atoms with Crippen LogP contribution in [0, 0.1) is 0 Å². The van der Waals surface area contributed by atoms with Crippen LogP contribution in [0.2, 0.25) is 0 Å². The molecule has 0 fully saturated rings. The average Bonchev–Trinajstić information content (AvgIpc) is 3.28. The monoisotopic (exact) mass is 409 g/mol. The SMILES string of the molecule is N[C@@H](Cc1c[nH]cn1)C(=O)N[C@@H](Cc1c(C(F)(F)F)[nH]c2ccccc12)C(=O)O. The Kier molecular flexibility index (Phi) is 5.59. The van der Waals surface area contributed by atoms with E-state index in [0.717, 1.165) is 0 Å². The van der Waals surface area contributed by atoms with Crippen LogP contribution < -0.4 is 11.1 Å². The fourth-order valence-corrected chi connectivity index (χ4v) is 3.06. The lowest BCUT2D eigenvalue weighted by atomic mass is 10.0. The van der Waals surface area contributed by atoms with Gasteiger partial charge in [0.1, 0.15) is 11.7 Å². The molecule has 0 saturated heterocycles. The second kappa shape index (κ2) is 7.95. The first-order valence-corrected chi connectivity index (χ1v) is 8.60. The number of fused-ring (bicyclic) bond motifs is 1. The number of hydrogen-bond acceptors (Lipinski definition) is 4. The van der Waals surface area contributed by atoms with E-state index in [9.17, 15) is 27.9 Å². The van der Waals surface area contributed by atoms with Crippen LogP contribution >= 0.6 is 0 Å². The standard InChI is InChI=1S/C18H18F3N5O3/c19-18(20,21)15-11(10-3-1-2-4-13(10)25-15)6-14(17(28)29)26-16(27)12(22)5-9-7-23-8-24-9/h1-4,7-8,12,14,25H,5-6,22H2,(H,23,24)(H,26,27)(H,28,29)/t12-,14-/m0/s1. The number of alkyl halides is 3. The zero-order valence-electron chi connectivity index (χ0n) is 15.0. The first kappa shape index (κ1) is 20.4. The van der Waals surface area contributed by atoms with Gasteiger partial charge in [0.05, 0.1) is 18.1 Å². The first-order valence-electron chi connectivity index (χ1n) is 8.60. The van der Waals surface area contributed by atoms with Gasteiger partial charge in [-0.3, -0.25) is 4.79 Å². The van der Waals surface area contributed by atoms with Gasteiger partial charge in [0.25, 0.3) is 0 Å². The third-order valence-electron chi connectivity index (χ3n) is 4.44. The van der Waals surface area contributed by atoms with Gasteiger partial charge in [-0.25, -0.2) is 9.78 Å². The van der Waals surface area contributed by atoms with Gasteiger partial charge in [-0.1, -0.05) is 18.2 Å². The van der Waals surface area contributed by atoms with Gasteiger partial charge < -0.3 is 26.1 Å². The third-order valence-corrected chi connectivity index (χ3v) is 4.44. The number of para-hydroxylation sites is 1. The quantitative estimate of drug-likeness (QED) is 0.404. The third kappa shape index (κ3) is 4.57. The lowest BCUT2D eigenvalue weighted by molar-refractivity contribution is -0.144. The largest absolute Gasteiger partial charge is 0.480 e. The van der Waals surface area contributed by atoms with E-state index in [-0.39, 0.29) is 22.9 Å². The van der Waals surface area contributed by atoms with Crippen LogP contribution in [-0.4, -0.2) is 44.0 Å². The van der Waals surface area contributed by atoms with E-state index >= 15 is 0 Å². The van der Waals surface area contributed by atoms with Crippen LogP contribution in [-0.2, 0) is 28.6 Å². The minimum Gasteiger partial charge on any atom is -0.480 e. The molecule has 1 aromatic carbocycles. The lowest BCUT2D eigenvalue weighted by Gasteiger charge is -2.18. The zero-order valence-corrected chi connectivity index (χ0v) is 15.0. The number of rotatable bonds is 7. The van der Waals surface area contributed by atoms with Crippen LogP contribution in [0.15, 0.2) is 36.8 Å². The van der Waals surface area contributed by atoms with Crippen molar-refractivity contribution in [2.75, 3.05) is 0 Å². The first-order chi connectivity index (χ1) is 13.7. The number of carboxylic acid groups (broad SMARTS) is 1. The number of aromatic nitrogens is 3. The molecule has 6 N–H and O–H groups in total. The van der Waals surface area contributed by atoms with Crippen molar-refractivity contribution in [3.05, 3.63) is 53.7 Å². The van der Waals surface area contributed by atoms with Crippen molar-refractivity contribution < 1.29 is 27.9 Å². The maximum absolute atomic E-state index is 13.4. The van der Waals surface area contributed by atoms with Crippen molar-refractivity contribution in [3.63, 3.8) is 0 Å². The molecule has 8 nitrogen and oxygen atoms in total. The molecule has 0 aliphatic heterocycles. The van der Waals surface area contributed by atoms with Crippen LogP contribution in [0.3, 0.4) is 0 Å². The molecule has 29 heavy (non-hydrogen) atoms. The highest BCUT2D eigenvalue weighted by molar-refractivity contribution is 5.89. The van der Waals surface area contributed by atoms with Crippen LogP contribution in [0.5, 0.6) is 0 Å². The smallest absolute Gasteiger partial charge is 0.431 e. The Balaban J connectivity index is 1.84. The Morgan fingerprint density at radius 1 is 1.24 bits per heavy atom. The van der Waals surface area contributed by atoms with E-state index in [0.29, 0.717) is 5.69 Å². The average molecular weight is 409 g/mol. The second-order valence-corrected chi connectivity index (χ2v) is 6.50. The summed E-state index contributed by atoms with van der Waals surface area (Å²) in [6.07, 6.45) is -2.30. The summed E-state index contributed by atoms with van der Waals surface area (Å²) in [7, 11) is 0. The molecule has 0 aliphatic rings. The number of nitrogens with zero attached hydrogens (tertiary/aromatic N) is 1. The highest BCUT2D eigenvalue weighted by Crippen LogP contribution is 2.36. The molecule has 0 saturated carbocycles. The molecular weight excluding hydrogens is 391 g/mol. The van der Waals surface area contributed by atoms with Gasteiger partial charge in [-0.2, -0.15) is 13.2 Å².